The molecule has 0 atom stereocenters. The number of carboxylic acid groups (broad SMARTS) is 1. The number of hydrogen-bond donors (Lipinski definition) is 2. The van der Waals surface area contributed by atoms with Crippen molar-refractivity contribution in [3.63, 3.8) is 0 Å². The van der Waals surface area contributed by atoms with Gasteiger partial charge >= 0.3 is 5.97 Å². The first-order valence-electron chi connectivity index (χ1n) is 5.26. The Hall–Kier alpha value is -2.58. The van der Waals surface area contributed by atoms with E-state index in [9.17, 15) is 4.79 Å². The molecule has 0 saturated carbocycles. The number of halogens is 1. The third-order valence-electron chi connectivity index (χ3n) is 2.42. The quantitative estimate of drug-likeness (QED) is 0.897. The highest BCUT2D eigenvalue weighted by Crippen LogP contribution is 2.27. The van der Waals surface area contributed by atoms with Gasteiger partial charge in [0.1, 0.15) is 5.56 Å². The standard InChI is InChI=1S/C13H8ClN3O2/c14-10-5-8(6-15)1-2-12(10)17-11-3-4-16-7-9(11)13(18)19/h1-5,7H,(H,16,17)(H,18,19). The van der Waals surface area contributed by atoms with Crippen molar-refractivity contribution in [2.24, 2.45) is 0 Å². The van der Waals surface area contributed by atoms with Gasteiger partial charge in [-0.05, 0) is 24.3 Å². The first kappa shape index (κ1) is 12.9. The molecule has 0 fully saturated rings. The average molecular weight is 274 g/mol. The molecule has 0 unspecified atom stereocenters. The largest absolute Gasteiger partial charge is 0.478 e. The summed E-state index contributed by atoms with van der Waals surface area (Å²) in [5.74, 6) is -1.08. The minimum Gasteiger partial charge on any atom is -0.478 e. The Morgan fingerprint density at radius 2 is 2.16 bits per heavy atom. The van der Waals surface area contributed by atoms with Crippen molar-refractivity contribution >= 4 is 28.9 Å². The summed E-state index contributed by atoms with van der Waals surface area (Å²) in [5, 5.41) is 21.0. The number of carboxylic acids is 1. The molecule has 0 spiro atoms. The molecule has 0 saturated heterocycles. The lowest BCUT2D eigenvalue weighted by molar-refractivity contribution is 0.0697. The Morgan fingerprint density at radius 3 is 2.79 bits per heavy atom. The molecule has 0 aliphatic carbocycles. The number of anilines is 2. The van der Waals surface area contributed by atoms with E-state index in [1.165, 1.54) is 24.5 Å². The molecule has 19 heavy (non-hydrogen) atoms. The van der Waals surface area contributed by atoms with Crippen molar-refractivity contribution in [2.75, 3.05) is 5.32 Å². The molecule has 0 amide bonds. The topological polar surface area (TPSA) is 86.0 Å². The van der Waals surface area contributed by atoms with Crippen LogP contribution in [0.15, 0.2) is 36.7 Å². The fourth-order valence-electron chi connectivity index (χ4n) is 1.50. The number of hydrogen-bond acceptors (Lipinski definition) is 4. The SMILES string of the molecule is N#Cc1ccc(Nc2ccncc2C(=O)O)c(Cl)c1. The lowest BCUT2D eigenvalue weighted by Crippen LogP contribution is -2.03. The van der Waals surface area contributed by atoms with Gasteiger partial charge < -0.3 is 10.4 Å². The highest BCUT2D eigenvalue weighted by molar-refractivity contribution is 6.33. The first-order chi connectivity index (χ1) is 9.11. The van der Waals surface area contributed by atoms with E-state index in [-0.39, 0.29) is 5.56 Å². The van der Waals surface area contributed by atoms with Crippen LogP contribution in [0.3, 0.4) is 0 Å². The normalized spacial score (nSPS) is 9.68. The lowest BCUT2D eigenvalue weighted by atomic mass is 10.2. The maximum atomic E-state index is 11.0. The molecule has 94 valence electrons. The molecule has 0 aliphatic rings. The molecule has 0 bridgehead atoms. The molecule has 2 aromatic rings. The number of pyridine rings is 1. The zero-order valence-electron chi connectivity index (χ0n) is 9.59. The van der Waals surface area contributed by atoms with Crippen LogP contribution >= 0.6 is 11.6 Å². The summed E-state index contributed by atoms with van der Waals surface area (Å²) in [6.45, 7) is 0. The summed E-state index contributed by atoms with van der Waals surface area (Å²) in [4.78, 5) is 14.8. The van der Waals surface area contributed by atoms with Crippen LogP contribution in [0.25, 0.3) is 0 Å². The number of nitrogens with one attached hydrogen (secondary N) is 1. The average Bonchev–Trinajstić information content (AvgIpc) is 2.41. The van der Waals surface area contributed by atoms with Crippen LogP contribution in [0.5, 0.6) is 0 Å². The molecule has 6 heteroatoms. The summed E-state index contributed by atoms with van der Waals surface area (Å²) in [6, 6.07) is 8.23. The minimum absolute atomic E-state index is 0.0444. The Bertz CT molecular complexity index is 680. The van der Waals surface area contributed by atoms with E-state index in [0.717, 1.165) is 0 Å². The molecule has 1 aromatic carbocycles. The van der Waals surface area contributed by atoms with Crippen LogP contribution in [0.2, 0.25) is 5.02 Å². The van der Waals surface area contributed by atoms with Crippen molar-refractivity contribution in [3.8, 4) is 6.07 Å². The first-order valence-corrected chi connectivity index (χ1v) is 5.63. The van der Waals surface area contributed by atoms with Crippen LogP contribution in [0, 0.1) is 11.3 Å². The molecule has 2 N–H and O–H groups in total. The van der Waals surface area contributed by atoms with E-state index in [0.29, 0.717) is 22.0 Å². The second kappa shape index (κ2) is 5.38. The fourth-order valence-corrected chi connectivity index (χ4v) is 1.73. The van der Waals surface area contributed by atoms with Gasteiger partial charge in [0.15, 0.2) is 0 Å². The molecular weight excluding hydrogens is 266 g/mol. The van der Waals surface area contributed by atoms with E-state index < -0.39 is 5.97 Å². The van der Waals surface area contributed by atoms with Gasteiger partial charge in [-0.25, -0.2) is 4.79 Å². The Balaban J connectivity index is 2.37. The van der Waals surface area contributed by atoms with Gasteiger partial charge in [0, 0.05) is 12.4 Å². The van der Waals surface area contributed by atoms with Crippen LogP contribution in [0.4, 0.5) is 11.4 Å². The number of aromatic nitrogens is 1. The van der Waals surface area contributed by atoms with Crippen molar-refractivity contribution in [1.29, 1.82) is 5.26 Å². The maximum Gasteiger partial charge on any atom is 0.339 e. The maximum absolute atomic E-state index is 11.0. The summed E-state index contributed by atoms with van der Waals surface area (Å²) in [6.07, 6.45) is 2.73. The molecule has 1 heterocycles. The summed E-state index contributed by atoms with van der Waals surface area (Å²) < 4.78 is 0. The number of carbonyl (C=O) groups is 1. The Labute approximate surface area is 114 Å². The van der Waals surface area contributed by atoms with E-state index in [2.05, 4.69) is 10.3 Å². The van der Waals surface area contributed by atoms with Gasteiger partial charge in [0.25, 0.3) is 0 Å². The number of benzene rings is 1. The Kier molecular flexibility index (Phi) is 3.64. The summed E-state index contributed by atoms with van der Waals surface area (Å²) in [5.41, 5.74) is 1.38. The minimum atomic E-state index is -1.08. The van der Waals surface area contributed by atoms with Crippen LogP contribution in [-0.2, 0) is 0 Å². The van der Waals surface area contributed by atoms with Crippen molar-refractivity contribution in [1.82, 2.24) is 4.98 Å². The van der Waals surface area contributed by atoms with Crippen molar-refractivity contribution in [2.45, 2.75) is 0 Å². The third-order valence-corrected chi connectivity index (χ3v) is 2.73. The van der Waals surface area contributed by atoms with Gasteiger partial charge in [-0.1, -0.05) is 11.6 Å². The molecule has 1 aromatic heterocycles. The zero-order chi connectivity index (χ0) is 13.8. The monoisotopic (exact) mass is 273 g/mol. The van der Waals surface area contributed by atoms with Gasteiger partial charge in [-0.3, -0.25) is 4.98 Å². The number of aromatic carboxylic acids is 1. The second-order valence-corrected chi connectivity index (χ2v) is 4.07. The molecule has 0 aliphatic heterocycles. The van der Waals surface area contributed by atoms with Gasteiger partial charge in [0.2, 0.25) is 0 Å². The van der Waals surface area contributed by atoms with Crippen LogP contribution < -0.4 is 5.32 Å². The predicted molar refractivity (Wildman–Crippen MR) is 70.6 cm³/mol. The van der Waals surface area contributed by atoms with E-state index in [1.54, 1.807) is 12.1 Å². The molecular formula is C13H8ClN3O2. The number of nitrogens with zero attached hydrogens (tertiary/aromatic N) is 2. The van der Waals surface area contributed by atoms with E-state index in [1.807, 2.05) is 6.07 Å². The summed E-state index contributed by atoms with van der Waals surface area (Å²) >= 11 is 6.01. The summed E-state index contributed by atoms with van der Waals surface area (Å²) in [7, 11) is 0. The van der Waals surface area contributed by atoms with Gasteiger partial charge in [0.05, 0.1) is 28.0 Å². The molecule has 5 nitrogen and oxygen atoms in total. The van der Waals surface area contributed by atoms with Crippen LogP contribution in [-0.4, -0.2) is 16.1 Å². The van der Waals surface area contributed by atoms with Crippen molar-refractivity contribution < 1.29 is 9.90 Å². The highest BCUT2D eigenvalue weighted by atomic mass is 35.5. The number of nitriles is 1. The van der Waals surface area contributed by atoms with Gasteiger partial charge in [-0.2, -0.15) is 5.26 Å². The Morgan fingerprint density at radius 1 is 1.37 bits per heavy atom. The van der Waals surface area contributed by atoms with Crippen LogP contribution in [0.1, 0.15) is 15.9 Å². The fraction of sp³-hybridized carbons (Fsp3) is 0. The molecule has 0 radical (unpaired) electrons. The second-order valence-electron chi connectivity index (χ2n) is 3.66. The lowest BCUT2D eigenvalue weighted by Gasteiger charge is -2.10. The highest BCUT2D eigenvalue weighted by Gasteiger charge is 2.11. The van der Waals surface area contributed by atoms with Crippen molar-refractivity contribution in [3.05, 3.63) is 52.8 Å². The third kappa shape index (κ3) is 2.81. The molecule has 2 rings (SSSR count). The van der Waals surface area contributed by atoms with E-state index in [4.69, 9.17) is 22.0 Å². The zero-order valence-corrected chi connectivity index (χ0v) is 10.3. The number of rotatable bonds is 3. The predicted octanol–water partition coefficient (Wildman–Crippen LogP) is 3.05. The smallest absolute Gasteiger partial charge is 0.339 e. The van der Waals surface area contributed by atoms with E-state index >= 15 is 0 Å². The van der Waals surface area contributed by atoms with Gasteiger partial charge in [-0.15, -0.1) is 0 Å².